The summed E-state index contributed by atoms with van der Waals surface area (Å²) in [4.78, 5) is 4.19. The number of hydrogen-bond donors (Lipinski definition) is 0. The fourth-order valence-electron chi connectivity index (χ4n) is 1.91. The molecule has 22 heavy (non-hydrogen) atoms. The van der Waals surface area contributed by atoms with Crippen molar-refractivity contribution in [2.75, 3.05) is 6.44 Å². The summed E-state index contributed by atoms with van der Waals surface area (Å²) in [6.45, 7) is 0. The van der Waals surface area contributed by atoms with Crippen molar-refractivity contribution in [1.82, 2.24) is 0 Å². The van der Waals surface area contributed by atoms with Gasteiger partial charge in [-0.2, -0.15) is 5.26 Å². The highest BCUT2D eigenvalue weighted by atomic mass is 14.7. The van der Waals surface area contributed by atoms with Crippen LogP contribution in [-0.4, -0.2) is 20.0 Å². The smallest absolute Gasteiger partial charge is 0.115 e. The molecule has 0 spiro atoms. The Morgan fingerprint density at radius 1 is 1.05 bits per heavy atom. The number of terminal acetylenes is 1. The second kappa shape index (κ2) is 7.54. The van der Waals surface area contributed by atoms with Gasteiger partial charge in [-0.1, -0.05) is 42.2 Å². The summed E-state index contributed by atoms with van der Waals surface area (Å²) >= 11 is 0. The average Bonchev–Trinajstić information content (AvgIpc) is 2.58. The first kappa shape index (κ1) is 15.2. The van der Waals surface area contributed by atoms with Crippen LogP contribution >= 0.6 is 0 Å². The SMILES string of the molecule is [B]CN=C(C#Cc1ccccc1C#C)c1ccccc1C#N. The predicted molar refractivity (Wildman–Crippen MR) is 89.6 cm³/mol. The van der Waals surface area contributed by atoms with Crippen LogP contribution in [0.1, 0.15) is 22.3 Å². The molecule has 0 fully saturated rings. The average molecular weight is 278 g/mol. The molecule has 0 aliphatic carbocycles. The minimum absolute atomic E-state index is 0.0978. The Labute approximate surface area is 131 Å². The van der Waals surface area contributed by atoms with Gasteiger partial charge >= 0.3 is 0 Å². The topological polar surface area (TPSA) is 36.1 Å². The molecule has 0 amide bonds. The van der Waals surface area contributed by atoms with Crippen molar-refractivity contribution in [3.63, 3.8) is 0 Å². The van der Waals surface area contributed by atoms with Crippen LogP contribution in [0.25, 0.3) is 0 Å². The zero-order valence-electron chi connectivity index (χ0n) is 11.9. The Morgan fingerprint density at radius 2 is 1.68 bits per heavy atom. The molecular weight excluding hydrogens is 267 g/mol. The molecule has 3 heteroatoms. The molecule has 0 N–H and O–H groups in total. The number of hydrogen-bond acceptors (Lipinski definition) is 2. The highest BCUT2D eigenvalue weighted by molar-refractivity contribution is 6.17. The molecule has 0 unspecified atom stereocenters. The van der Waals surface area contributed by atoms with Crippen molar-refractivity contribution in [3.8, 4) is 30.3 Å². The van der Waals surface area contributed by atoms with Crippen molar-refractivity contribution >= 4 is 13.6 Å². The van der Waals surface area contributed by atoms with Crippen LogP contribution in [0.2, 0.25) is 0 Å². The molecule has 0 saturated heterocycles. The molecule has 0 saturated carbocycles. The molecule has 2 rings (SSSR count). The van der Waals surface area contributed by atoms with E-state index in [2.05, 4.69) is 28.8 Å². The van der Waals surface area contributed by atoms with Crippen LogP contribution in [-0.2, 0) is 0 Å². The summed E-state index contributed by atoms with van der Waals surface area (Å²) in [6, 6.07) is 16.7. The van der Waals surface area contributed by atoms with Crippen molar-refractivity contribution in [2.45, 2.75) is 0 Å². The number of nitrogens with zero attached hydrogens (tertiary/aromatic N) is 2. The van der Waals surface area contributed by atoms with E-state index < -0.39 is 0 Å². The van der Waals surface area contributed by atoms with Crippen LogP contribution in [0.4, 0.5) is 0 Å². The van der Waals surface area contributed by atoms with Crippen LogP contribution in [0.5, 0.6) is 0 Å². The molecule has 2 radical (unpaired) electrons. The fraction of sp³-hybridized carbons (Fsp3) is 0.0526. The Hall–Kier alpha value is -3.22. The lowest BCUT2D eigenvalue weighted by atomic mass is 10.0. The third-order valence-electron chi connectivity index (χ3n) is 2.95. The second-order valence-electron chi connectivity index (χ2n) is 4.29. The van der Waals surface area contributed by atoms with Gasteiger partial charge in [-0.05, 0) is 24.1 Å². The van der Waals surface area contributed by atoms with E-state index in [-0.39, 0.29) is 6.44 Å². The molecule has 2 aromatic rings. The van der Waals surface area contributed by atoms with Gasteiger partial charge in [-0.15, -0.1) is 6.42 Å². The largest absolute Gasteiger partial charge is 0.285 e. The fourth-order valence-corrected chi connectivity index (χ4v) is 1.91. The van der Waals surface area contributed by atoms with E-state index in [1.165, 1.54) is 0 Å². The minimum Gasteiger partial charge on any atom is -0.285 e. The van der Waals surface area contributed by atoms with E-state index in [1.54, 1.807) is 18.2 Å². The number of rotatable bonds is 2. The molecule has 0 bridgehead atoms. The van der Waals surface area contributed by atoms with E-state index in [9.17, 15) is 5.26 Å². The first-order valence-corrected chi connectivity index (χ1v) is 6.62. The maximum atomic E-state index is 9.19. The number of aliphatic imine (C=N–C) groups is 1. The van der Waals surface area contributed by atoms with Gasteiger partial charge in [0.1, 0.15) is 5.71 Å². The molecule has 0 aliphatic heterocycles. The van der Waals surface area contributed by atoms with Crippen LogP contribution in [0.3, 0.4) is 0 Å². The molecule has 0 heterocycles. The summed E-state index contributed by atoms with van der Waals surface area (Å²) < 4.78 is 0. The normalized spacial score (nSPS) is 10.0. The van der Waals surface area contributed by atoms with Crippen molar-refractivity contribution in [1.29, 1.82) is 5.26 Å². The van der Waals surface area contributed by atoms with Gasteiger partial charge in [0, 0.05) is 23.1 Å². The molecule has 2 nitrogen and oxygen atoms in total. The van der Waals surface area contributed by atoms with Gasteiger partial charge in [0.25, 0.3) is 0 Å². The molecule has 0 aliphatic rings. The quantitative estimate of drug-likeness (QED) is 0.472. The maximum absolute atomic E-state index is 9.19. The van der Waals surface area contributed by atoms with E-state index in [4.69, 9.17) is 14.3 Å². The zero-order valence-corrected chi connectivity index (χ0v) is 11.9. The summed E-state index contributed by atoms with van der Waals surface area (Å²) in [6.07, 6.45) is 5.56. The first-order chi connectivity index (χ1) is 10.8. The third kappa shape index (κ3) is 3.46. The van der Waals surface area contributed by atoms with Gasteiger partial charge in [0.2, 0.25) is 0 Å². The van der Waals surface area contributed by atoms with Gasteiger partial charge < -0.3 is 0 Å². The van der Waals surface area contributed by atoms with Gasteiger partial charge in [-0.3, -0.25) is 4.99 Å². The Bertz CT molecular complexity index is 855. The van der Waals surface area contributed by atoms with Crippen LogP contribution in [0, 0.1) is 35.5 Å². The Balaban J connectivity index is 2.49. The van der Waals surface area contributed by atoms with Gasteiger partial charge in [0.05, 0.1) is 19.5 Å². The van der Waals surface area contributed by atoms with E-state index in [0.717, 1.165) is 11.1 Å². The van der Waals surface area contributed by atoms with Crippen LogP contribution in [0.15, 0.2) is 53.5 Å². The lowest BCUT2D eigenvalue weighted by Gasteiger charge is -2.02. The van der Waals surface area contributed by atoms with Crippen molar-refractivity contribution in [3.05, 3.63) is 70.8 Å². The molecule has 100 valence electrons. The number of benzene rings is 2. The lowest BCUT2D eigenvalue weighted by molar-refractivity contribution is 1.36. The third-order valence-corrected chi connectivity index (χ3v) is 2.95. The monoisotopic (exact) mass is 278 g/mol. The minimum atomic E-state index is 0.0978. The second-order valence-corrected chi connectivity index (χ2v) is 4.29. The summed E-state index contributed by atoms with van der Waals surface area (Å²) in [5, 5.41) is 9.19. The van der Waals surface area contributed by atoms with Crippen LogP contribution < -0.4 is 0 Å². The Morgan fingerprint density at radius 3 is 2.32 bits per heavy atom. The van der Waals surface area contributed by atoms with E-state index >= 15 is 0 Å². The van der Waals surface area contributed by atoms with Gasteiger partial charge in [-0.25, -0.2) is 0 Å². The summed E-state index contributed by atoms with van der Waals surface area (Å²) in [5.74, 6) is 8.58. The lowest BCUT2D eigenvalue weighted by Crippen LogP contribution is -2.02. The molecule has 0 atom stereocenters. The summed E-state index contributed by atoms with van der Waals surface area (Å²) in [5.41, 5.74) is 3.11. The predicted octanol–water partition coefficient (Wildman–Crippen LogP) is 2.51. The molecular formula is C19H11BN2. The molecule has 0 aromatic heterocycles. The highest BCUT2D eigenvalue weighted by Gasteiger charge is 2.06. The van der Waals surface area contributed by atoms with Gasteiger partial charge in [0.15, 0.2) is 0 Å². The van der Waals surface area contributed by atoms with Crippen molar-refractivity contribution < 1.29 is 0 Å². The number of nitriles is 1. The maximum Gasteiger partial charge on any atom is 0.115 e. The standard InChI is InChI=1S/C19H11BN2/c1-2-15-7-3-4-8-16(15)11-12-19(22-14-20)18-10-6-5-9-17(18)13-21/h1,3-10H,14H2. The first-order valence-electron chi connectivity index (χ1n) is 6.62. The van der Waals surface area contributed by atoms with E-state index in [1.807, 2.05) is 30.3 Å². The Kier molecular flexibility index (Phi) is 5.20. The van der Waals surface area contributed by atoms with E-state index in [0.29, 0.717) is 16.8 Å². The van der Waals surface area contributed by atoms with Crippen molar-refractivity contribution in [2.24, 2.45) is 4.99 Å². The molecule has 2 aromatic carbocycles. The zero-order chi connectivity index (χ0) is 15.8. The summed E-state index contributed by atoms with van der Waals surface area (Å²) in [7, 11) is 5.51. The highest BCUT2D eigenvalue weighted by Crippen LogP contribution is 2.10.